The molecule has 3 nitrogen and oxygen atoms in total. The fraction of sp³-hybridized carbons (Fsp3) is 0.611. The zero-order valence-electron chi connectivity index (χ0n) is 13.5. The molecule has 1 aliphatic carbocycles. The zero-order valence-corrected chi connectivity index (χ0v) is 13.5. The highest BCUT2D eigenvalue weighted by molar-refractivity contribution is 5.78. The van der Waals surface area contributed by atoms with Crippen LogP contribution in [0.2, 0.25) is 0 Å². The summed E-state index contributed by atoms with van der Waals surface area (Å²) >= 11 is 0. The third-order valence-electron chi connectivity index (χ3n) is 4.14. The molecule has 1 aromatic carbocycles. The van der Waals surface area contributed by atoms with Crippen LogP contribution in [0.15, 0.2) is 30.3 Å². The number of hydrogen-bond donors (Lipinski definition) is 2. The van der Waals surface area contributed by atoms with E-state index in [1.165, 1.54) is 18.4 Å². The van der Waals surface area contributed by atoms with E-state index in [-0.39, 0.29) is 11.4 Å². The van der Waals surface area contributed by atoms with E-state index in [9.17, 15) is 4.79 Å². The second-order valence-electron chi connectivity index (χ2n) is 7.13. The van der Waals surface area contributed by atoms with Gasteiger partial charge in [-0.15, -0.1) is 0 Å². The van der Waals surface area contributed by atoms with Crippen molar-refractivity contribution < 1.29 is 4.79 Å². The minimum Gasteiger partial charge on any atom is -0.352 e. The smallest absolute Gasteiger partial charge is 0.234 e. The van der Waals surface area contributed by atoms with Gasteiger partial charge in [-0.05, 0) is 57.9 Å². The van der Waals surface area contributed by atoms with Crippen molar-refractivity contribution in [2.75, 3.05) is 6.54 Å². The fourth-order valence-corrected chi connectivity index (χ4v) is 2.92. The van der Waals surface area contributed by atoms with Gasteiger partial charge in [0, 0.05) is 11.6 Å². The second kappa shape index (κ2) is 7.08. The van der Waals surface area contributed by atoms with Crippen molar-refractivity contribution >= 4 is 5.91 Å². The summed E-state index contributed by atoms with van der Waals surface area (Å²) in [4.78, 5) is 11.9. The van der Waals surface area contributed by atoms with Gasteiger partial charge < -0.3 is 10.6 Å². The molecule has 2 rings (SSSR count). The van der Waals surface area contributed by atoms with Gasteiger partial charge in [0.15, 0.2) is 0 Å². The van der Waals surface area contributed by atoms with Gasteiger partial charge in [-0.3, -0.25) is 4.79 Å². The lowest BCUT2D eigenvalue weighted by Gasteiger charge is -2.30. The van der Waals surface area contributed by atoms with Gasteiger partial charge in [-0.1, -0.05) is 30.3 Å². The van der Waals surface area contributed by atoms with Gasteiger partial charge in [0.1, 0.15) is 0 Å². The molecule has 1 fully saturated rings. The first-order valence-corrected chi connectivity index (χ1v) is 8.03. The van der Waals surface area contributed by atoms with Crippen LogP contribution in [0, 0.1) is 0 Å². The number of benzene rings is 1. The molecule has 116 valence electrons. The molecule has 0 spiro atoms. The molecule has 1 amide bonds. The Hall–Kier alpha value is -1.35. The fourth-order valence-electron chi connectivity index (χ4n) is 2.92. The van der Waals surface area contributed by atoms with E-state index in [1.807, 2.05) is 0 Å². The molecular weight excluding hydrogens is 260 g/mol. The number of carbonyl (C=O) groups excluding carboxylic acids is 1. The number of carbonyl (C=O) groups is 1. The van der Waals surface area contributed by atoms with Crippen molar-refractivity contribution in [3.8, 4) is 0 Å². The van der Waals surface area contributed by atoms with Gasteiger partial charge in [-0.2, -0.15) is 0 Å². The molecule has 0 bridgehead atoms. The van der Waals surface area contributed by atoms with Crippen LogP contribution in [0.25, 0.3) is 0 Å². The van der Waals surface area contributed by atoms with Crippen LogP contribution in [-0.2, 0) is 4.79 Å². The van der Waals surface area contributed by atoms with E-state index in [1.54, 1.807) is 0 Å². The summed E-state index contributed by atoms with van der Waals surface area (Å²) in [6.45, 7) is 6.63. The maximum atomic E-state index is 11.9. The molecule has 0 saturated heterocycles. The Kier molecular flexibility index (Phi) is 5.40. The van der Waals surface area contributed by atoms with Gasteiger partial charge in [0.05, 0.1) is 6.54 Å². The highest BCUT2D eigenvalue weighted by atomic mass is 16.2. The Morgan fingerprint density at radius 1 is 1.10 bits per heavy atom. The average molecular weight is 288 g/mol. The van der Waals surface area contributed by atoms with Crippen LogP contribution in [0.4, 0.5) is 0 Å². The average Bonchev–Trinajstić information content (AvgIpc) is 2.46. The second-order valence-corrected chi connectivity index (χ2v) is 7.13. The van der Waals surface area contributed by atoms with Crippen molar-refractivity contribution in [1.29, 1.82) is 0 Å². The highest BCUT2D eigenvalue weighted by Crippen LogP contribution is 2.32. The molecule has 3 heteroatoms. The normalized spacial score (nSPS) is 22.8. The third-order valence-corrected chi connectivity index (χ3v) is 4.14. The molecule has 21 heavy (non-hydrogen) atoms. The minimum absolute atomic E-state index is 0.0116. The summed E-state index contributed by atoms with van der Waals surface area (Å²) in [6, 6.07) is 11.1. The van der Waals surface area contributed by atoms with Crippen LogP contribution in [-0.4, -0.2) is 24.0 Å². The topological polar surface area (TPSA) is 41.1 Å². The molecule has 1 aromatic rings. The summed E-state index contributed by atoms with van der Waals surface area (Å²) < 4.78 is 0. The predicted molar refractivity (Wildman–Crippen MR) is 87.3 cm³/mol. The monoisotopic (exact) mass is 288 g/mol. The van der Waals surface area contributed by atoms with Crippen LogP contribution >= 0.6 is 0 Å². The maximum Gasteiger partial charge on any atom is 0.234 e. The van der Waals surface area contributed by atoms with Crippen LogP contribution in [0.3, 0.4) is 0 Å². The summed E-state index contributed by atoms with van der Waals surface area (Å²) in [5.41, 5.74) is 1.43. The molecule has 1 aliphatic rings. The molecule has 0 aliphatic heterocycles. The van der Waals surface area contributed by atoms with Crippen molar-refractivity contribution in [3.63, 3.8) is 0 Å². The Morgan fingerprint density at radius 3 is 2.29 bits per heavy atom. The lowest BCUT2D eigenvalue weighted by molar-refractivity contribution is -0.121. The van der Waals surface area contributed by atoms with E-state index >= 15 is 0 Å². The van der Waals surface area contributed by atoms with Gasteiger partial charge in [0.2, 0.25) is 5.91 Å². The number of nitrogens with one attached hydrogen (secondary N) is 2. The van der Waals surface area contributed by atoms with E-state index in [0.717, 1.165) is 12.8 Å². The molecule has 0 atom stereocenters. The summed E-state index contributed by atoms with van der Waals surface area (Å²) in [7, 11) is 0. The molecule has 1 saturated carbocycles. The Balaban J connectivity index is 1.73. The van der Waals surface area contributed by atoms with Crippen molar-refractivity contribution in [2.45, 2.75) is 64.0 Å². The van der Waals surface area contributed by atoms with Gasteiger partial charge in [-0.25, -0.2) is 0 Å². The van der Waals surface area contributed by atoms with E-state index in [2.05, 4.69) is 61.7 Å². The molecular formula is C18H28N2O. The van der Waals surface area contributed by atoms with Crippen LogP contribution < -0.4 is 10.6 Å². The number of rotatable bonds is 4. The summed E-state index contributed by atoms with van der Waals surface area (Å²) in [6.07, 6.45) is 4.50. The van der Waals surface area contributed by atoms with E-state index in [4.69, 9.17) is 0 Å². The predicted octanol–water partition coefficient (Wildman–Crippen LogP) is 3.22. The highest BCUT2D eigenvalue weighted by Gasteiger charge is 2.23. The largest absolute Gasteiger partial charge is 0.352 e. The summed E-state index contributed by atoms with van der Waals surface area (Å²) in [5, 5.41) is 6.40. The first-order chi connectivity index (χ1) is 9.94. The van der Waals surface area contributed by atoms with Crippen LogP contribution in [0.5, 0.6) is 0 Å². The first kappa shape index (κ1) is 16.0. The Bertz CT molecular complexity index is 442. The van der Waals surface area contributed by atoms with Gasteiger partial charge >= 0.3 is 0 Å². The lowest BCUT2D eigenvalue weighted by Crippen LogP contribution is -2.46. The number of amides is 1. The molecule has 0 aromatic heterocycles. The lowest BCUT2D eigenvalue weighted by atomic mass is 9.82. The van der Waals surface area contributed by atoms with Crippen LogP contribution in [0.1, 0.15) is 57.9 Å². The third kappa shape index (κ3) is 5.50. The molecule has 2 N–H and O–H groups in total. The van der Waals surface area contributed by atoms with Gasteiger partial charge in [0.25, 0.3) is 0 Å². The zero-order chi connectivity index (χ0) is 15.3. The van der Waals surface area contributed by atoms with Crippen molar-refractivity contribution in [1.82, 2.24) is 10.6 Å². The minimum atomic E-state index is -0.0116. The quantitative estimate of drug-likeness (QED) is 0.893. The van der Waals surface area contributed by atoms with E-state index < -0.39 is 0 Å². The van der Waals surface area contributed by atoms with Crippen molar-refractivity contribution in [3.05, 3.63) is 35.9 Å². The Labute approximate surface area is 128 Å². The first-order valence-electron chi connectivity index (χ1n) is 8.03. The van der Waals surface area contributed by atoms with E-state index in [0.29, 0.717) is 18.5 Å². The SMILES string of the molecule is CC(C)(C)NCC(=O)NC1CCC(c2ccccc2)CC1. The maximum absolute atomic E-state index is 11.9. The standard InChI is InChI=1S/C18H28N2O/c1-18(2,3)19-13-17(21)20-16-11-9-15(10-12-16)14-7-5-4-6-8-14/h4-8,15-16,19H,9-13H2,1-3H3,(H,20,21). The molecule has 0 radical (unpaired) electrons. The number of hydrogen-bond acceptors (Lipinski definition) is 2. The Morgan fingerprint density at radius 2 is 1.71 bits per heavy atom. The van der Waals surface area contributed by atoms with Crippen molar-refractivity contribution in [2.24, 2.45) is 0 Å². The molecule has 0 heterocycles. The molecule has 0 unspecified atom stereocenters. The summed E-state index contributed by atoms with van der Waals surface area (Å²) in [5.74, 6) is 0.778.